The summed E-state index contributed by atoms with van der Waals surface area (Å²) in [5, 5.41) is 0. The molecule has 0 spiro atoms. The molecule has 1 aliphatic heterocycles. The summed E-state index contributed by atoms with van der Waals surface area (Å²) in [6.45, 7) is 0.872. The van der Waals surface area contributed by atoms with E-state index < -0.39 is 6.17 Å². The van der Waals surface area contributed by atoms with Crippen LogP contribution in [-0.4, -0.2) is 24.2 Å². The van der Waals surface area contributed by atoms with Gasteiger partial charge < -0.3 is 10.6 Å². The van der Waals surface area contributed by atoms with E-state index in [1.54, 1.807) is 30.5 Å². The van der Waals surface area contributed by atoms with Crippen LogP contribution in [0.25, 0.3) is 11.1 Å². The molecule has 3 rings (SSSR count). The first-order chi connectivity index (χ1) is 9.66. The summed E-state index contributed by atoms with van der Waals surface area (Å²) in [5.41, 5.74) is 7.54. The minimum absolute atomic E-state index is 0.290. The first-order valence-corrected chi connectivity index (χ1v) is 6.55. The molecule has 1 unspecified atom stereocenters. The highest BCUT2D eigenvalue weighted by atomic mass is 19.1. The number of hydrogen-bond acceptors (Lipinski definition) is 3. The normalized spacial score (nSPS) is 18.5. The van der Waals surface area contributed by atoms with E-state index in [4.69, 9.17) is 5.73 Å². The van der Waals surface area contributed by atoms with E-state index in [1.165, 1.54) is 6.07 Å². The summed E-state index contributed by atoms with van der Waals surface area (Å²) in [5.74, 6) is 0.201. The van der Waals surface area contributed by atoms with Crippen LogP contribution in [-0.2, 0) is 0 Å². The van der Waals surface area contributed by atoms with E-state index in [2.05, 4.69) is 4.98 Å². The molecular formula is C15H15F2N3. The number of nitrogen functional groups attached to an aromatic ring is 1. The van der Waals surface area contributed by atoms with Crippen molar-refractivity contribution in [2.75, 3.05) is 23.7 Å². The molecule has 1 aromatic heterocycles. The number of halogens is 2. The molecule has 1 fully saturated rings. The standard InChI is InChI=1S/C15H15F2N3/c16-10-6-8-20(9-10)15-14(18)12(5-7-19-15)11-3-1-2-4-13(11)17/h1-5,7,10H,6,8-9,18H2. The summed E-state index contributed by atoms with van der Waals surface area (Å²) in [6.07, 6.45) is 1.21. The Hall–Kier alpha value is -2.17. The molecule has 2 heterocycles. The number of nitrogens with zero attached hydrogens (tertiary/aromatic N) is 2. The molecule has 0 radical (unpaired) electrons. The second kappa shape index (κ2) is 5.07. The first kappa shape index (κ1) is 12.8. The van der Waals surface area contributed by atoms with E-state index in [1.807, 2.05) is 4.90 Å². The summed E-state index contributed by atoms with van der Waals surface area (Å²) < 4.78 is 27.2. The van der Waals surface area contributed by atoms with Crippen LogP contribution < -0.4 is 10.6 Å². The summed E-state index contributed by atoms with van der Waals surface area (Å²) >= 11 is 0. The Kier molecular flexibility index (Phi) is 3.26. The third-order valence-corrected chi connectivity index (χ3v) is 3.56. The van der Waals surface area contributed by atoms with Gasteiger partial charge in [-0.3, -0.25) is 0 Å². The van der Waals surface area contributed by atoms with Gasteiger partial charge in [-0.2, -0.15) is 0 Å². The van der Waals surface area contributed by atoms with Crippen molar-refractivity contribution in [2.45, 2.75) is 12.6 Å². The number of benzene rings is 1. The number of aromatic nitrogens is 1. The molecule has 20 heavy (non-hydrogen) atoms. The number of hydrogen-bond donors (Lipinski definition) is 1. The zero-order chi connectivity index (χ0) is 14.1. The third kappa shape index (κ3) is 2.19. The number of anilines is 2. The molecule has 0 saturated carbocycles. The van der Waals surface area contributed by atoms with Gasteiger partial charge in [-0.25, -0.2) is 13.8 Å². The van der Waals surface area contributed by atoms with Crippen molar-refractivity contribution in [3.63, 3.8) is 0 Å². The zero-order valence-corrected chi connectivity index (χ0v) is 10.9. The molecule has 0 aliphatic carbocycles. The average molecular weight is 275 g/mol. The van der Waals surface area contributed by atoms with Crippen molar-refractivity contribution in [2.24, 2.45) is 0 Å². The van der Waals surface area contributed by atoms with Crippen LogP contribution >= 0.6 is 0 Å². The maximum absolute atomic E-state index is 13.9. The van der Waals surface area contributed by atoms with E-state index in [0.29, 0.717) is 35.6 Å². The lowest BCUT2D eigenvalue weighted by molar-refractivity contribution is 0.364. The van der Waals surface area contributed by atoms with E-state index >= 15 is 0 Å². The SMILES string of the molecule is Nc1c(-c2ccccc2F)ccnc1N1CCC(F)C1. The van der Waals surface area contributed by atoms with Gasteiger partial charge in [0.05, 0.1) is 12.2 Å². The van der Waals surface area contributed by atoms with Gasteiger partial charge in [-0.1, -0.05) is 18.2 Å². The summed E-state index contributed by atoms with van der Waals surface area (Å²) in [6, 6.07) is 8.13. The second-order valence-electron chi connectivity index (χ2n) is 4.91. The van der Waals surface area contributed by atoms with Gasteiger partial charge in [0.2, 0.25) is 0 Å². The molecule has 2 N–H and O–H groups in total. The van der Waals surface area contributed by atoms with Crippen molar-refractivity contribution in [1.29, 1.82) is 0 Å². The Labute approximate surface area is 116 Å². The largest absolute Gasteiger partial charge is 0.395 e. The predicted molar refractivity (Wildman–Crippen MR) is 75.8 cm³/mol. The van der Waals surface area contributed by atoms with Gasteiger partial charge in [0.25, 0.3) is 0 Å². The lowest BCUT2D eigenvalue weighted by Gasteiger charge is -2.20. The summed E-state index contributed by atoms with van der Waals surface area (Å²) in [4.78, 5) is 6.03. The van der Waals surface area contributed by atoms with Gasteiger partial charge in [-0.15, -0.1) is 0 Å². The van der Waals surface area contributed by atoms with Gasteiger partial charge in [-0.05, 0) is 18.6 Å². The molecule has 3 nitrogen and oxygen atoms in total. The van der Waals surface area contributed by atoms with Gasteiger partial charge in [0.15, 0.2) is 5.82 Å². The van der Waals surface area contributed by atoms with Crippen molar-refractivity contribution in [3.8, 4) is 11.1 Å². The fourth-order valence-electron chi connectivity index (χ4n) is 2.54. The number of nitrogens with two attached hydrogens (primary N) is 1. The second-order valence-corrected chi connectivity index (χ2v) is 4.91. The molecule has 0 amide bonds. The number of pyridine rings is 1. The van der Waals surface area contributed by atoms with Gasteiger partial charge in [0.1, 0.15) is 12.0 Å². The van der Waals surface area contributed by atoms with Crippen molar-refractivity contribution in [3.05, 3.63) is 42.3 Å². The van der Waals surface area contributed by atoms with Crippen LogP contribution in [0.15, 0.2) is 36.5 Å². The van der Waals surface area contributed by atoms with E-state index in [0.717, 1.165) is 0 Å². The van der Waals surface area contributed by atoms with Crippen molar-refractivity contribution in [1.82, 2.24) is 4.98 Å². The van der Waals surface area contributed by atoms with E-state index in [-0.39, 0.29) is 12.4 Å². The average Bonchev–Trinajstić information content (AvgIpc) is 2.86. The molecule has 0 bridgehead atoms. The van der Waals surface area contributed by atoms with Crippen molar-refractivity contribution < 1.29 is 8.78 Å². The fraction of sp³-hybridized carbons (Fsp3) is 0.267. The molecule has 1 aliphatic rings. The van der Waals surface area contributed by atoms with Crippen LogP contribution in [0.3, 0.4) is 0 Å². The molecule has 1 aromatic carbocycles. The Morgan fingerprint density at radius 2 is 2.00 bits per heavy atom. The van der Waals surface area contributed by atoms with Crippen LogP contribution in [0.1, 0.15) is 6.42 Å². The fourth-order valence-corrected chi connectivity index (χ4v) is 2.54. The lowest BCUT2D eigenvalue weighted by Crippen LogP contribution is -2.22. The van der Waals surface area contributed by atoms with Crippen LogP contribution in [0.4, 0.5) is 20.3 Å². The van der Waals surface area contributed by atoms with E-state index in [9.17, 15) is 8.78 Å². The Morgan fingerprint density at radius 3 is 2.70 bits per heavy atom. The quantitative estimate of drug-likeness (QED) is 0.916. The van der Waals surface area contributed by atoms with Crippen LogP contribution in [0, 0.1) is 5.82 Å². The molecule has 5 heteroatoms. The number of alkyl halides is 1. The van der Waals surface area contributed by atoms with Gasteiger partial charge >= 0.3 is 0 Å². The highest BCUT2D eigenvalue weighted by Crippen LogP contribution is 2.34. The Bertz CT molecular complexity index is 630. The topological polar surface area (TPSA) is 42.1 Å². The Balaban J connectivity index is 2.04. The lowest BCUT2D eigenvalue weighted by atomic mass is 10.0. The third-order valence-electron chi connectivity index (χ3n) is 3.56. The first-order valence-electron chi connectivity index (χ1n) is 6.55. The highest BCUT2D eigenvalue weighted by molar-refractivity contribution is 5.84. The van der Waals surface area contributed by atoms with Crippen molar-refractivity contribution >= 4 is 11.5 Å². The molecule has 1 atom stereocenters. The maximum Gasteiger partial charge on any atom is 0.152 e. The highest BCUT2D eigenvalue weighted by Gasteiger charge is 2.25. The molecule has 1 saturated heterocycles. The predicted octanol–water partition coefficient (Wildman–Crippen LogP) is 3.02. The van der Waals surface area contributed by atoms with Crippen LogP contribution in [0.2, 0.25) is 0 Å². The molecule has 2 aromatic rings. The Morgan fingerprint density at radius 1 is 1.20 bits per heavy atom. The molecular weight excluding hydrogens is 260 g/mol. The smallest absolute Gasteiger partial charge is 0.152 e. The van der Waals surface area contributed by atoms with Gasteiger partial charge in [0, 0.05) is 23.9 Å². The maximum atomic E-state index is 13.9. The number of rotatable bonds is 2. The zero-order valence-electron chi connectivity index (χ0n) is 10.9. The monoisotopic (exact) mass is 275 g/mol. The minimum Gasteiger partial charge on any atom is -0.395 e. The summed E-state index contributed by atoms with van der Waals surface area (Å²) in [7, 11) is 0. The van der Waals surface area contributed by atoms with Crippen LogP contribution in [0.5, 0.6) is 0 Å². The minimum atomic E-state index is -0.853. The molecule has 104 valence electrons.